The number of halogens is 1. The molecule has 8 heteroatoms. The number of nitrogens with zero attached hydrogens (tertiary/aromatic N) is 1. The minimum absolute atomic E-state index is 0.118. The van der Waals surface area contributed by atoms with Crippen molar-refractivity contribution < 1.29 is 13.2 Å². The van der Waals surface area contributed by atoms with Crippen LogP contribution in [0.4, 0.5) is 16.2 Å². The van der Waals surface area contributed by atoms with Crippen molar-refractivity contribution in [2.75, 3.05) is 23.7 Å². The SMILES string of the molecule is C=CCN(CC=C)S(=O)(=O)c1ccc(NC(=O)Nc2cccc(Cl)c2)cc1. The van der Waals surface area contributed by atoms with Gasteiger partial charge in [-0.2, -0.15) is 4.31 Å². The van der Waals surface area contributed by atoms with E-state index in [0.29, 0.717) is 16.4 Å². The predicted molar refractivity (Wildman–Crippen MR) is 110 cm³/mol. The van der Waals surface area contributed by atoms with E-state index in [1.807, 2.05) is 0 Å². The molecular weight excluding hydrogens is 386 g/mol. The molecule has 0 saturated carbocycles. The Labute approximate surface area is 164 Å². The van der Waals surface area contributed by atoms with Crippen molar-refractivity contribution in [2.45, 2.75) is 4.90 Å². The van der Waals surface area contributed by atoms with E-state index < -0.39 is 16.1 Å². The van der Waals surface area contributed by atoms with Gasteiger partial charge >= 0.3 is 6.03 Å². The van der Waals surface area contributed by atoms with Gasteiger partial charge in [-0.05, 0) is 42.5 Å². The third kappa shape index (κ3) is 5.68. The lowest BCUT2D eigenvalue weighted by atomic mass is 10.3. The monoisotopic (exact) mass is 405 g/mol. The molecule has 0 aliphatic rings. The molecule has 2 aromatic carbocycles. The molecule has 2 amide bonds. The van der Waals surface area contributed by atoms with Crippen molar-refractivity contribution in [2.24, 2.45) is 0 Å². The Bertz CT molecular complexity index is 917. The molecule has 0 atom stereocenters. The van der Waals surface area contributed by atoms with Crippen LogP contribution < -0.4 is 10.6 Å². The Kier molecular flexibility index (Phi) is 7.18. The van der Waals surface area contributed by atoms with Crippen molar-refractivity contribution in [3.05, 3.63) is 78.9 Å². The Balaban J connectivity index is 2.08. The van der Waals surface area contributed by atoms with Crippen molar-refractivity contribution in [1.29, 1.82) is 0 Å². The summed E-state index contributed by atoms with van der Waals surface area (Å²) in [6, 6.07) is 12.2. The maximum Gasteiger partial charge on any atom is 0.323 e. The molecule has 0 spiro atoms. The quantitative estimate of drug-likeness (QED) is 0.641. The second kappa shape index (κ2) is 9.36. The summed E-state index contributed by atoms with van der Waals surface area (Å²) < 4.78 is 26.5. The van der Waals surface area contributed by atoms with E-state index in [2.05, 4.69) is 23.8 Å². The first kappa shape index (κ1) is 20.7. The molecule has 2 N–H and O–H groups in total. The summed E-state index contributed by atoms with van der Waals surface area (Å²) in [4.78, 5) is 12.2. The van der Waals surface area contributed by atoms with Crippen molar-refractivity contribution >= 4 is 39.0 Å². The molecule has 0 aromatic heterocycles. The Morgan fingerprint density at radius 3 is 2.15 bits per heavy atom. The number of hydrogen-bond donors (Lipinski definition) is 2. The van der Waals surface area contributed by atoms with Crippen LogP contribution in [0.2, 0.25) is 5.02 Å². The van der Waals surface area contributed by atoms with Crippen LogP contribution in [0.5, 0.6) is 0 Å². The van der Waals surface area contributed by atoms with E-state index in [1.165, 1.54) is 40.7 Å². The van der Waals surface area contributed by atoms with Crippen molar-refractivity contribution in [3.63, 3.8) is 0 Å². The molecule has 0 saturated heterocycles. The van der Waals surface area contributed by atoms with Gasteiger partial charge in [0.25, 0.3) is 0 Å². The summed E-state index contributed by atoms with van der Waals surface area (Å²) in [5, 5.41) is 5.78. The lowest BCUT2D eigenvalue weighted by Crippen LogP contribution is -2.31. The fourth-order valence-corrected chi connectivity index (χ4v) is 3.85. The first-order valence-corrected chi connectivity index (χ1v) is 9.84. The maximum absolute atomic E-state index is 12.6. The zero-order chi connectivity index (χ0) is 19.9. The van der Waals surface area contributed by atoms with Gasteiger partial charge in [-0.1, -0.05) is 29.8 Å². The molecule has 0 unspecified atom stereocenters. The van der Waals surface area contributed by atoms with Crippen LogP contribution in [0.25, 0.3) is 0 Å². The predicted octanol–water partition coefficient (Wildman–Crippen LogP) is 4.35. The lowest BCUT2D eigenvalue weighted by Gasteiger charge is -2.19. The van der Waals surface area contributed by atoms with Gasteiger partial charge in [0.2, 0.25) is 10.0 Å². The van der Waals surface area contributed by atoms with Crippen molar-refractivity contribution in [3.8, 4) is 0 Å². The normalized spacial score (nSPS) is 11.0. The Morgan fingerprint density at radius 1 is 1.00 bits per heavy atom. The highest BCUT2D eigenvalue weighted by Crippen LogP contribution is 2.19. The lowest BCUT2D eigenvalue weighted by molar-refractivity contribution is 0.262. The van der Waals surface area contributed by atoms with Gasteiger partial charge in [-0.25, -0.2) is 13.2 Å². The van der Waals surface area contributed by atoms with Crippen molar-refractivity contribution in [1.82, 2.24) is 4.31 Å². The second-order valence-corrected chi connectivity index (χ2v) is 7.89. The number of amides is 2. The maximum atomic E-state index is 12.6. The molecule has 0 heterocycles. The van der Waals surface area contributed by atoms with Crippen LogP contribution in [0.1, 0.15) is 0 Å². The van der Waals surface area contributed by atoms with E-state index in [0.717, 1.165) is 0 Å². The number of carbonyl (C=O) groups excluding carboxylic acids is 1. The smallest absolute Gasteiger partial charge is 0.308 e. The largest absolute Gasteiger partial charge is 0.323 e. The number of anilines is 2. The van der Waals surface area contributed by atoms with Gasteiger partial charge in [-0.3, -0.25) is 0 Å². The molecular formula is C19H20ClN3O3S. The molecule has 6 nitrogen and oxygen atoms in total. The first-order valence-electron chi connectivity index (χ1n) is 8.02. The molecule has 0 fully saturated rings. The van der Waals surface area contributed by atoms with Gasteiger partial charge in [-0.15, -0.1) is 13.2 Å². The van der Waals surface area contributed by atoms with Crippen LogP contribution in [0.3, 0.4) is 0 Å². The molecule has 27 heavy (non-hydrogen) atoms. The fraction of sp³-hybridized carbons (Fsp3) is 0.105. The highest BCUT2D eigenvalue weighted by atomic mass is 35.5. The summed E-state index contributed by atoms with van der Waals surface area (Å²) >= 11 is 5.87. The second-order valence-electron chi connectivity index (χ2n) is 5.51. The van der Waals surface area contributed by atoms with Crippen LogP contribution in [-0.4, -0.2) is 31.8 Å². The summed E-state index contributed by atoms with van der Waals surface area (Å²) in [5.41, 5.74) is 0.996. The molecule has 0 bridgehead atoms. The highest BCUT2D eigenvalue weighted by molar-refractivity contribution is 7.89. The standard InChI is InChI=1S/C19H20ClN3O3S/c1-3-12-23(13-4-2)27(25,26)18-10-8-16(9-11-18)21-19(24)22-17-7-5-6-15(20)14-17/h3-11,14H,1-2,12-13H2,(H2,21,22,24). The Morgan fingerprint density at radius 2 is 1.59 bits per heavy atom. The molecule has 0 aliphatic carbocycles. The molecule has 0 radical (unpaired) electrons. The van der Waals surface area contributed by atoms with Gasteiger partial charge in [0.05, 0.1) is 4.90 Å². The summed E-state index contributed by atoms with van der Waals surface area (Å²) in [5.74, 6) is 0. The van der Waals surface area contributed by atoms with Gasteiger partial charge < -0.3 is 10.6 Å². The van der Waals surface area contributed by atoms with E-state index in [4.69, 9.17) is 11.6 Å². The number of hydrogen-bond acceptors (Lipinski definition) is 3. The molecule has 2 aromatic rings. The number of sulfonamides is 1. The first-order chi connectivity index (χ1) is 12.9. The topological polar surface area (TPSA) is 78.5 Å². The van der Waals surface area contributed by atoms with E-state index in [-0.39, 0.29) is 18.0 Å². The van der Waals surface area contributed by atoms with Crippen LogP contribution in [-0.2, 0) is 10.0 Å². The average Bonchev–Trinajstić information content (AvgIpc) is 2.62. The number of carbonyl (C=O) groups is 1. The van der Waals surface area contributed by atoms with Crippen LogP contribution >= 0.6 is 11.6 Å². The summed E-state index contributed by atoms with van der Waals surface area (Å²) in [6.07, 6.45) is 3.02. The van der Waals surface area contributed by atoms with Gasteiger partial charge in [0.15, 0.2) is 0 Å². The average molecular weight is 406 g/mol. The van der Waals surface area contributed by atoms with Gasteiger partial charge in [0.1, 0.15) is 0 Å². The summed E-state index contributed by atoms with van der Waals surface area (Å²) in [6.45, 7) is 7.50. The van der Waals surface area contributed by atoms with Crippen LogP contribution in [0, 0.1) is 0 Å². The minimum Gasteiger partial charge on any atom is -0.308 e. The molecule has 142 valence electrons. The third-order valence-electron chi connectivity index (χ3n) is 3.50. The number of rotatable bonds is 8. The zero-order valence-corrected chi connectivity index (χ0v) is 16.1. The van der Waals surface area contributed by atoms with E-state index >= 15 is 0 Å². The summed E-state index contributed by atoms with van der Waals surface area (Å²) in [7, 11) is -3.68. The Hall–Kier alpha value is -2.61. The van der Waals surface area contributed by atoms with Gasteiger partial charge in [0, 0.05) is 29.5 Å². The zero-order valence-electron chi connectivity index (χ0n) is 14.6. The number of nitrogens with one attached hydrogen (secondary N) is 2. The minimum atomic E-state index is -3.68. The molecule has 0 aliphatic heterocycles. The van der Waals surface area contributed by atoms with E-state index in [1.54, 1.807) is 24.3 Å². The highest BCUT2D eigenvalue weighted by Gasteiger charge is 2.22. The number of urea groups is 1. The third-order valence-corrected chi connectivity index (χ3v) is 5.58. The van der Waals surface area contributed by atoms with Crippen LogP contribution in [0.15, 0.2) is 78.7 Å². The fourth-order valence-electron chi connectivity index (χ4n) is 2.28. The number of benzene rings is 2. The van der Waals surface area contributed by atoms with E-state index in [9.17, 15) is 13.2 Å². The molecule has 2 rings (SSSR count).